The summed E-state index contributed by atoms with van der Waals surface area (Å²) in [5.41, 5.74) is 2.73. The molecule has 25 heavy (non-hydrogen) atoms. The van der Waals surface area contributed by atoms with Crippen LogP contribution in [0, 0.1) is 6.92 Å². The molecule has 4 rings (SSSR count). The van der Waals surface area contributed by atoms with Crippen molar-refractivity contribution in [2.45, 2.75) is 6.92 Å². The number of halogens is 1. The van der Waals surface area contributed by atoms with Gasteiger partial charge in [-0.2, -0.15) is 0 Å². The first-order valence-corrected chi connectivity index (χ1v) is 8.83. The van der Waals surface area contributed by atoms with Crippen LogP contribution in [0.2, 0.25) is 5.02 Å². The summed E-state index contributed by atoms with van der Waals surface area (Å²) < 4.78 is 6.70. The van der Waals surface area contributed by atoms with Crippen LogP contribution in [0.1, 0.15) is 16.1 Å². The van der Waals surface area contributed by atoms with Crippen molar-refractivity contribution < 1.29 is 9.21 Å². The number of aromatic nitrogens is 1. The number of hydrogen-bond donors (Lipinski definition) is 1. The second kappa shape index (κ2) is 6.35. The van der Waals surface area contributed by atoms with Crippen molar-refractivity contribution in [3.05, 3.63) is 70.9 Å². The number of carbonyl (C=O) groups excluding carboxylic acids is 1. The van der Waals surface area contributed by atoms with Gasteiger partial charge in [0.05, 0.1) is 15.2 Å². The largest absolute Gasteiger partial charge is 0.451 e. The Hall–Kier alpha value is -2.63. The number of anilines is 1. The summed E-state index contributed by atoms with van der Waals surface area (Å²) in [4.78, 5) is 16.9. The molecule has 0 aliphatic carbocycles. The molecule has 0 radical (unpaired) electrons. The number of fused-ring (bicyclic) bond motifs is 1. The van der Waals surface area contributed by atoms with Gasteiger partial charge in [0, 0.05) is 5.56 Å². The Bertz CT molecular complexity index is 1080. The first kappa shape index (κ1) is 15.9. The molecule has 4 aromatic rings. The van der Waals surface area contributed by atoms with E-state index >= 15 is 0 Å². The summed E-state index contributed by atoms with van der Waals surface area (Å²) in [7, 11) is 0. The lowest BCUT2D eigenvalue weighted by molar-refractivity contribution is 0.0997. The quantitative estimate of drug-likeness (QED) is 0.499. The molecule has 124 valence electrons. The molecule has 0 unspecified atom stereocenters. The zero-order valence-electron chi connectivity index (χ0n) is 13.2. The van der Waals surface area contributed by atoms with Crippen molar-refractivity contribution in [1.82, 2.24) is 4.98 Å². The summed E-state index contributed by atoms with van der Waals surface area (Å²) in [6, 6.07) is 16.7. The number of hydrogen-bond acceptors (Lipinski definition) is 4. The normalized spacial score (nSPS) is 11.0. The molecular weight excluding hydrogens is 356 g/mol. The van der Waals surface area contributed by atoms with Crippen LogP contribution >= 0.6 is 22.9 Å². The highest BCUT2D eigenvalue weighted by molar-refractivity contribution is 7.22. The van der Waals surface area contributed by atoms with Gasteiger partial charge in [-0.1, -0.05) is 47.2 Å². The molecule has 2 heterocycles. The maximum Gasteiger partial charge on any atom is 0.293 e. The molecule has 0 aliphatic rings. The molecule has 4 nitrogen and oxygen atoms in total. The van der Waals surface area contributed by atoms with Crippen molar-refractivity contribution in [1.29, 1.82) is 0 Å². The van der Waals surface area contributed by atoms with Crippen LogP contribution in [0.4, 0.5) is 5.13 Å². The highest BCUT2D eigenvalue weighted by atomic mass is 35.5. The molecule has 1 N–H and O–H groups in total. The van der Waals surface area contributed by atoms with Crippen molar-refractivity contribution in [3.8, 4) is 11.3 Å². The summed E-state index contributed by atoms with van der Waals surface area (Å²) in [6.45, 7) is 2.00. The topological polar surface area (TPSA) is 55.1 Å². The van der Waals surface area contributed by atoms with Crippen LogP contribution in [-0.4, -0.2) is 10.9 Å². The molecule has 2 aromatic carbocycles. The number of nitrogens with zero attached hydrogens (tertiary/aromatic N) is 1. The minimum atomic E-state index is -0.338. The van der Waals surface area contributed by atoms with Gasteiger partial charge in [0.2, 0.25) is 0 Å². The molecule has 0 saturated carbocycles. The predicted molar refractivity (Wildman–Crippen MR) is 101 cm³/mol. The lowest BCUT2D eigenvalue weighted by atomic mass is 10.2. The number of benzene rings is 2. The molecule has 0 saturated heterocycles. The van der Waals surface area contributed by atoms with Gasteiger partial charge in [-0.15, -0.1) is 0 Å². The molecule has 2 aromatic heterocycles. The van der Waals surface area contributed by atoms with E-state index in [1.165, 1.54) is 11.3 Å². The average molecular weight is 369 g/mol. The van der Waals surface area contributed by atoms with E-state index < -0.39 is 0 Å². The van der Waals surface area contributed by atoms with Gasteiger partial charge in [0.1, 0.15) is 5.76 Å². The van der Waals surface area contributed by atoms with E-state index in [-0.39, 0.29) is 11.7 Å². The van der Waals surface area contributed by atoms with E-state index in [0.717, 1.165) is 21.3 Å². The Morgan fingerprint density at radius 2 is 1.96 bits per heavy atom. The molecular formula is C19H13ClN2O2S. The Morgan fingerprint density at radius 3 is 2.76 bits per heavy atom. The zero-order chi connectivity index (χ0) is 17.4. The third-order valence-corrected chi connectivity index (χ3v) is 5.08. The second-order valence-electron chi connectivity index (χ2n) is 5.54. The van der Waals surface area contributed by atoms with E-state index in [2.05, 4.69) is 10.3 Å². The first-order chi connectivity index (χ1) is 12.1. The monoisotopic (exact) mass is 368 g/mol. The van der Waals surface area contributed by atoms with Crippen LogP contribution in [0.5, 0.6) is 0 Å². The summed E-state index contributed by atoms with van der Waals surface area (Å²) >= 11 is 7.60. The van der Waals surface area contributed by atoms with Crippen molar-refractivity contribution >= 4 is 44.2 Å². The number of thiazole rings is 1. The number of amides is 1. The van der Waals surface area contributed by atoms with E-state index in [4.69, 9.17) is 16.0 Å². The fourth-order valence-electron chi connectivity index (χ4n) is 2.56. The molecule has 6 heteroatoms. The highest BCUT2D eigenvalue weighted by Gasteiger charge is 2.16. The number of para-hydroxylation sites is 1. The van der Waals surface area contributed by atoms with Crippen LogP contribution in [0.15, 0.2) is 59.0 Å². The number of furan rings is 1. The number of nitrogens with one attached hydrogen (secondary N) is 1. The maximum atomic E-state index is 12.4. The maximum absolute atomic E-state index is 12.4. The second-order valence-corrected chi connectivity index (χ2v) is 6.98. The third kappa shape index (κ3) is 3.04. The van der Waals surface area contributed by atoms with E-state index in [1.807, 2.05) is 43.3 Å². The smallest absolute Gasteiger partial charge is 0.293 e. The Labute approximate surface area is 153 Å². The number of aryl methyl sites for hydroxylation is 1. The van der Waals surface area contributed by atoms with E-state index in [9.17, 15) is 4.79 Å². The molecule has 1 amide bonds. The number of rotatable bonds is 3. The highest BCUT2D eigenvalue weighted by Crippen LogP contribution is 2.30. The van der Waals surface area contributed by atoms with Crippen molar-refractivity contribution in [2.24, 2.45) is 0 Å². The van der Waals surface area contributed by atoms with Gasteiger partial charge in [-0.05, 0) is 42.8 Å². The Kier molecular flexibility index (Phi) is 4.03. The van der Waals surface area contributed by atoms with Gasteiger partial charge >= 0.3 is 0 Å². The summed E-state index contributed by atoms with van der Waals surface area (Å²) in [5.74, 6) is 0.428. The minimum absolute atomic E-state index is 0.214. The van der Waals surface area contributed by atoms with Gasteiger partial charge in [0.25, 0.3) is 5.91 Å². The zero-order valence-corrected chi connectivity index (χ0v) is 14.8. The van der Waals surface area contributed by atoms with Crippen LogP contribution < -0.4 is 5.32 Å². The Morgan fingerprint density at radius 1 is 1.12 bits per heavy atom. The molecule has 0 atom stereocenters. The standard InChI is InChI=1S/C19H13ClN2O2S/c1-11-5-4-8-16-17(11)21-19(25-16)22-18(23)15-10-9-14(24-15)12-6-2-3-7-13(12)20/h2-10H,1H3,(H,21,22,23). The van der Waals surface area contributed by atoms with E-state index in [1.54, 1.807) is 18.2 Å². The van der Waals surface area contributed by atoms with Gasteiger partial charge in [-0.25, -0.2) is 4.98 Å². The third-order valence-electron chi connectivity index (χ3n) is 3.81. The summed E-state index contributed by atoms with van der Waals surface area (Å²) in [5, 5.41) is 3.92. The molecule has 0 fully saturated rings. The van der Waals surface area contributed by atoms with E-state index in [0.29, 0.717) is 15.9 Å². The molecule has 0 aliphatic heterocycles. The Balaban J connectivity index is 1.59. The fourth-order valence-corrected chi connectivity index (χ4v) is 3.73. The molecule has 0 bridgehead atoms. The van der Waals surface area contributed by atoms with Crippen molar-refractivity contribution in [2.75, 3.05) is 5.32 Å². The fraction of sp³-hybridized carbons (Fsp3) is 0.0526. The predicted octanol–water partition coefficient (Wildman–Crippen LogP) is 5.77. The SMILES string of the molecule is Cc1cccc2sc(NC(=O)c3ccc(-c4ccccc4Cl)o3)nc12. The van der Waals surface area contributed by atoms with Gasteiger partial charge in [-0.3, -0.25) is 10.1 Å². The summed E-state index contributed by atoms with van der Waals surface area (Å²) in [6.07, 6.45) is 0. The van der Waals surface area contributed by atoms with Gasteiger partial charge in [0.15, 0.2) is 10.9 Å². The first-order valence-electron chi connectivity index (χ1n) is 7.64. The average Bonchev–Trinajstić information content (AvgIpc) is 3.23. The van der Waals surface area contributed by atoms with Crippen LogP contribution in [0.3, 0.4) is 0 Å². The lowest BCUT2D eigenvalue weighted by Gasteiger charge is -2.00. The number of carbonyl (C=O) groups is 1. The minimum Gasteiger partial charge on any atom is -0.451 e. The lowest BCUT2D eigenvalue weighted by Crippen LogP contribution is -2.10. The van der Waals surface area contributed by atoms with Gasteiger partial charge < -0.3 is 4.42 Å². The van der Waals surface area contributed by atoms with Crippen LogP contribution in [-0.2, 0) is 0 Å². The van der Waals surface area contributed by atoms with Crippen molar-refractivity contribution in [3.63, 3.8) is 0 Å². The molecule has 0 spiro atoms. The van der Waals surface area contributed by atoms with Crippen LogP contribution in [0.25, 0.3) is 21.5 Å².